The van der Waals surface area contributed by atoms with Crippen LogP contribution in [0.2, 0.25) is 0 Å². The number of nitrogens with zero attached hydrogens (tertiary/aromatic N) is 4. The maximum Gasteiger partial charge on any atom is 0.0699 e. The number of anilines is 5. The van der Waals surface area contributed by atoms with Crippen LogP contribution in [0.25, 0.3) is 55.0 Å². The highest BCUT2D eigenvalue weighted by Gasteiger charge is 2.38. The summed E-state index contributed by atoms with van der Waals surface area (Å²) in [5.41, 5.74) is 20.3. The van der Waals surface area contributed by atoms with Crippen molar-refractivity contribution in [2.45, 2.75) is 58.8 Å². The van der Waals surface area contributed by atoms with E-state index in [1.54, 1.807) is 0 Å². The van der Waals surface area contributed by atoms with Crippen LogP contribution in [0.1, 0.15) is 64.7 Å². The first-order chi connectivity index (χ1) is 37.0. The molecule has 8 aromatic carbocycles. The fraction of sp³-hybridized carbons (Fsp3) is 0.139. The summed E-state index contributed by atoms with van der Waals surface area (Å²) in [6.45, 7) is 26.0. The lowest BCUT2D eigenvalue weighted by Crippen LogP contribution is -2.31. The standard InChI is InChI=1S/C70H60N4.C2H6/c1-9-20-56-47(4)69(5,6)61-46-55(36-37-58(56)61)72(63-29-19-23-49-22-15-16-26-57(49)63)54-40-42-70(7,43-41-54)51-33-39-67-68(45-51)71(8)62(11-3)66(21-10-2)74(67)53-34-30-48(31-35-53)50-32-38-65-60(44-50)59-27-17-18-28-64(59)73(65)52-24-13-12-14-25-52;1-2/h9-42,44-46H,1,3-4,43H2,2,5-8H3;1-2H3/b21-10-,56-20+;. The highest BCUT2D eigenvalue weighted by atomic mass is 15.3. The van der Waals surface area contributed by atoms with Gasteiger partial charge in [-0.3, -0.25) is 0 Å². The van der Waals surface area contributed by atoms with Crippen LogP contribution >= 0.6 is 0 Å². The molecule has 0 bridgehead atoms. The molecule has 2 heterocycles. The number of likely N-dealkylation sites (N-methyl/N-ethyl adjacent to an activating group) is 1. The van der Waals surface area contributed by atoms with Crippen molar-refractivity contribution in [3.05, 3.63) is 284 Å². The van der Waals surface area contributed by atoms with Crippen LogP contribution in [0.3, 0.4) is 0 Å². The van der Waals surface area contributed by atoms with Gasteiger partial charge in [-0.25, -0.2) is 0 Å². The van der Waals surface area contributed by atoms with E-state index in [1.807, 2.05) is 26.0 Å². The molecule has 0 amide bonds. The van der Waals surface area contributed by atoms with E-state index >= 15 is 0 Å². The van der Waals surface area contributed by atoms with Gasteiger partial charge in [0.25, 0.3) is 0 Å². The molecule has 2 aliphatic carbocycles. The van der Waals surface area contributed by atoms with E-state index in [4.69, 9.17) is 0 Å². The molecule has 1 aliphatic heterocycles. The van der Waals surface area contributed by atoms with E-state index in [1.165, 1.54) is 60.4 Å². The molecular weight excluding hydrogens is 921 g/mol. The van der Waals surface area contributed by atoms with E-state index in [-0.39, 0.29) is 10.8 Å². The lowest BCUT2D eigenvalue weighted by Gasteiger charge is -2.40. The van der Waals surface area contributed by atoms with Crippen molar-refractivity contribution in [1.29, 1.82) is 0 Å². The summed E-state index contributed by atoms with van der Waals surface area (Å²) in [6, 6.07) is 64.6. The second-order valence-corrected chi connectivity index (χ2v) is 20.6. The number of hydrogen-bond donors (Lipinski definition) is 0. The van der Waals surface area contributed by atoms with Gasteiger partial charge in [0.1, 0.15) is 0 Å². The Bertz CT molecular complexity index is 3940. The normalized spacial score (nSPS) is 17.3. The predicted molar refractivity (Wildman–Crippen MR) is 329 cm³/mol. The first kappa shape index (κ1) is 49.4. The average Bonchev–Trinajstić information content (AvgIpc) is 4.02. The molecule has 0 saturated heterocycles. The number of hydrogen-bond acceptors (Lipinski definition) is 3. The fourth-order valence-corrected chi connectivity index (χ4v) is 11.9. The summed E-state index contributed by atoms with van der Waals surface area (Å²) < 4.78 is 2.37. The van der Waals surface area contributed by atoms with Crippen LogP contribution in [0.15, 0.2) is 267 Å². The molecule has 0 saturated carbocycles. The summed E-state index contributed by atoms with van der Waals surface area (Å²) in [4.78, 5) is 7.13. The number of fused-ring (bicyclic) bond motifs is 6. The molecule has 12 rings (SSSR count). The smallest absolute Gasteiger partial charge is 0.0699 e. The molecule has 1 aromatic heterocycles. The third-order valence-electron chi connectivity index (χ3n) is 16.0. The molecule has 3 aliphatic rings. The number of aromatic nitrogens is 1. The fourth-order valence-electron chi connectivity index (χ4n) is 11.9. The highest BCUT2D eigenvalue weighted by molar-refractivity contribution is 6.10. The SMILES string of the molecule is C=C/C=C1\C(=C)C(C)(C)c2cc(N(C3=CCC(C)(c4ccc5c(c4)N(C)C(C=C)=C(/C=C\C)N5c4ccc(-c5ccc6c(c5)c5ccccc5n6-c5ccccc5)cc4)C=C3)c3cccc4ccccc34)ccc21.CC. The van der Waals surface area contributed by atoms with Gasteiger partial charge < -0.3 is 19.3 Å². The molecule has 0 fully saturated rings. The Morgan fingerprint density at radius 1 is 0.632 bits per heavy atom. The van der Waals surface area contributed by atoms with Gasteiger partial charge in [0.15, 0.2) is 0 Å². The van der Waals surface area contributed by atoms with E-state index in [0.717, 1.165) is 68.8 Å². The second kappa shape index (κ2) is 19.8. The summed E-state index contributed by atoms with van der Waals surface area (Å²) in [6.07, 6.45) is 18.3. The van der Waals surface area contributed by atoms with Gasteiger partial charge in [-0.05, 0) is 149 Å². The minimum Gasteiger partial charge on any atom is -0.341 e. The molecule has 0 radical (unpaired) electrons. The third kappa shape index (κ3) is 8.08. The summed E-state index contributed by atoms with van der Waals surface area (Å²) in [5.74, 6) is 0. The van der Waals surface area contributed by atoms with Crippen LogP contribution in [0, 0.1) is 0 Å². The number of para-hydroxylation sites is 2. The average molecular weight is 987 g/mol. The summed E-state index contributed by atoms with van der Waals surface area (Å²) >= 11 is 0. The molecular formula is C72H66N4. The van der Waals surface area contributed by atoms with Gasteiger partial charge in [0.2, 0.25) is 0 Å². The van der Waals surface area contributed by atoms with Gasteiger partial charge >= 0.3 is 0 Å². The molecule has 4 nitrogen and oxygen atoms in total. The number of benzene rings is 8. The van der Waals surface area contributed by atoms with Gasteiger partial charge in [-0.1, -0.05) is 188 Å². The molecule has 0 spiro atoms. The largest absolute Gasteiger partial charge is 0.341 e. The lowest BCUT2D eigenvalue weighted by atomic mass is 9.76. The van der Waals surface area contributed by atoms with Crippen LogP contribution in [-0.2, 0) is 10.8 Å². The molecule has 4 heteroatoms. The van der Waals surface area contributed by atoms with E-state index < -0.39 is 0 Å². The Kier molecular flexibility index (Phi) is 12.8. The van der Waals surface area contributed by atoms with Crippen molar-refractivity contribution in [2.24, 2.45) is 0 Å². The Labute approximate surface area is 449 Å². The number of allylic oxidation sites excluding steroid dienone is 10. The Hall–Kier alpha value is -8.86. The predicted octanol–water partition coefficient (Wildman–Crippen LogP) is 19.5. The van der Waals surface area contributed by atoms with Gasteiger partial charge in [0, 0.05) is 56.8 Å². The maximum atomic E-state index is 4.57. The number of rotatable bonds is 10. The van der Waals surface area contributed by atoms with Gasteiger partial charge in [0.05, 0.1) is 39.5 Å². The monoisotopic (exact) mass is 987 g/mol. The van der Waals surface area contributed by atoms with Crippen molar-refractivity contribution in [1.82, 2.24) is 4.57 Å². The van der Waals surface area contributed by atoms with Crippen molar-refractivity contribution >= 4 is 66.6 Å². The zero-order valence-corrected chi connectivity index (χ0v) is 45.0. The topological polar surface area (TPSA) is 14.7 Å². The zero-order valence-electron chi connectivity index (χ0n) is 45.0. The highest BCUT2D eigenvalue weighted by Crippen LogP contribution is 2.52. The minimum absolute atomic E-state index is 0.226. The van der Waals surface area contributed by atoms with E-state index in [9.17, 15) is 0 Å². The van der Waals surface area contributed by atoms with E-state index in [2.05, 4.69) is 286 Å². The van der Waals surface area contributed by atoms with Crippen molar-refractivity contribution in [2.75, 3.05) is 21.7 Å². The third-order valence-corrected chi connectivity index (χ3v) is 16.0. The molecule has 1 unspecified atom stereocenters. The minimum atomic E-state index is -0.269. The van der Waals surface area contributed by atoms with Crippen molar-refractivity contribution in [3.63, 3.8) is 0 Å². The van der Waals surface area contributed by atoms with Crippen molar-refractivity contribution in [3.8, 4) is 16.8 Å². The summed E-state index contributed by atoms with van der Waals surface area (Å²) in [7, 11) is 2.16. The van der Waals surface area contributed by atoms with Gasteiger partial charge in [-0.15, -0.1) is 0 Å². The molecule has 76 heavy (non-hydrogen) atoms. The molecule has 1 atom stereocenters. The molecule has 9 aromatic rings. The van der Waals surface area contributed by atoms with Crippen LogP contribution in [0.5, 0.6) is 0 Å². The van der Waals surface area contributed by atoms with Crippen LogP contribution in [-0.4, -0.2) is 11.6 Å². The zero-order chi connectivity index (χ0) is 52.9. The molecule has 0 N–H and O–H groups in total. The first-order valence-corrected chi connectivity index (χ1v) is 26.7. The van der Waals surface area contributed by atoms with E-state index in [0.29, 0.717) is 0 Å². The second-order valence-electron chi connectivity index (χ2n) is 20.6. The van der Waals surface area contributed by atoms with Gasteiger partial charge in [-0.2, -0.15) is 0 Å². The van der Waals surface area contributed by atoms with Crippen LogP contribution < -0.4 is 14.7 Å². The lowest BCUT2D eigenvalue weighted by molar-refractivity contribution is 0.595. The van der Waals surface area contributed by atoms with Crippen molar-refractivity contribution < 1.29 is 0 Å². The molecule has 374 valence electrons. The summed E-state index contributed by atoms with van der Waals surface area (Å²) in [5, 5.41) is 4.90. The quantitative estimate of drug-likeness (QED) is 0.136. The maximum absolute atomic E-state index is 4.57. The first-order valence-electron chi connectivity index (χ1n) is 26.7. The Morgan fingerprint density at radius 2 is 1.34 bits per heavy atom. The van der Waals surface area contributed by atoms with Crippen LogP contribution in [0.4, 0.5) is 28.4 Å². The Morgan fingerprint density at radius 3 is 2.08 bits per heavy atom. The Balaban J connectivity index is 0.00000305.